The van der Waals surface area contributed by atoms with E-state index >= 15 is 0 Å². The van der Waals surface area contributed by atoms with Crippen LogP contribution < -0.4 is 15.4 Å². The number of ether oxygens (including phenoxy) is 2. The minimum absolute atomic E-state index is 0.334. The van der Waals surface area contributed by atoms with Gasteiger partial charge in [0.25, 0.3) is 0 Å². The van der Waals surface area contributed by atoms with Crippen molar-refractivity contribution in [3.05, 3.63) is 24.3 Å². The first kappa shape index (κ1) is 18.0. The molecular weight excluding hydrogens is 352 g/mol. The number of hydrogen-bond donors (Lipinski definition) is 2. The fourth-order valence-corrected chi connectivity index (χ4v) is 3.52. The lowest BCUT2D eigenvalue weighted by atomic mass is 10.3. The van der Waals surface area contributed by atoms with Crippen LogP contribution in [0.5, 0.6) is 5.75 Å². The Labute approximate surface area is 146 Å². The number of benzene rings is 1. The number of methoxy groups -OCH3 is 2. The molecule has 0 bridgehead atoms. The number of amides is 2. The fraction of sp³-hybridized carbons (Fsp3) is 0.286. The zero-order valence-electron chi connectivity index (χ0n) is 13.2. The molecule has 2 aromatic rings. The Hall–Kier alpha value is -2.33. The van der Waals surface area contributed by atoms with Crippen molar-refractivity contribution in [2.24, 2.45) is 0 Å². The maximum Gasteiger partial charge on any atom is 0.325 e. The number of hydrogen-bond acceptors (Lipinski definition) is 8. The maximum atomic E-state index is 11.9. The number of anilines is 2. The van der Waals surface area contributed by atoms with Crippen molar-refractivity contribution >= 4 is 45.9 Å². The lowest BCUT2D eigenvalue weighted by Gasteiger charge is -2.06. The number of nitrogens with one attached hydrogen (secondary N) is 2. The van der Waals surface area contributed by atoms with E-state index < -0.39 is 11.3 Å². The molecule has 24 heavy (non-hydrogen) atoms. The van der Waals surface area contributed by atoms with Crippen LogP contribution >= 0.6 is 23.1 Å². The third kappa shape index (κ3) is 5.10. The van der Waals surface area contributed by atoms with E-state index in [0.29, 0.717) is 20.9 Å². The molecule has 0 unspecified atom stereocenters. The molecule has 1 atom stereocenters. The topological polar surface area (TPSA) is 102 Å². The van der Waals surface area contributed by atoms with Gasteiger partial charge >= 0.3 is 12.0 Å². The van der Waals surface area contributed by atoms with Crippen molar-refractivity contribution in [2.75, 3.05) is 24.9 Å². The minimum Gasteiger partial charge on any atom is -0.497 e. The van der Waals surface area contributed by atoms with E-state index in [0.717, 1.165) is 0 Å². The fourth-order valence-electron chi connectivity index (χ4n) is 1.61. The molecule has 0 fully saturated rings. The molecule has 0 aliphatic rings. The van der Waals surface area contributed by atoms with Gasteiger partial charge in [-0.1, -0.05) is 23.1 Å². The predicted octanol–water partition coefficient (Wildman–Crippen LogP) is 2.84. The van der Waals surface area contributed by atoms with E-state index in [1.807, 2.05) is 0 Å². The second kappa shape index (κ2) is 8.50. The Morgan fingerprint density at radius 1 is 1.17 bits per heavy atom. The van der Waals surface area contributed by atoms with Gasteiger partial charge in [-0.3, -0.25) is 10.1 Å². The van der Waals surface area contributed by atoms with Crippen molar-refractivity contribution in [3.63, 3.8) is 0 Å². The van der Waals surface area contributed by atoms with Crippen molar-refractivity contribution in [1.29, 1.82) is 0 Å². The molecule has 0 saturated carbocycles. The van der Waals surface area contributed by atoms with Gasteiger partial charge < -0.3 is 14.8 Å². The first-order chi connectivity index (χ1) is 11.5. The van der Waals surface area contributed by atoms with Crippen molar-refractivity contribution in [1.82, 2.24) is 10.2 Å². The smallest absolute Gasteiger partial charge is 0.325 e. The van der Waals surface area contributed by atoms with Gasteiger partial charge in [0.1, 0.15) is 11.0 Å². The maximum absolute atomic E-state index is 11.9. The lowest BCUT2D eigenvalue weighted by molar-refractivity contribution is -0.139. The van der Waals surface area contributed by atoms with Gasteiger partial charge in [0.05, 0.1) is 14.2 Å². The monoisotopic (exact) mass is 368 g/mol. The standard InChI is InChI=1S/C14H16N4O4S2/c1-8(11(19)22-3)23-14-18-17-13(24-14)16-12(20)15-9-4-6-10(21-2)7-5-9/h4-8H,1-3H3,(H2,15,16,17,20)/t8-/m0/s1. The zero-order valence-corrected chi connectivity index (χ0v) is 14.9. The molecule has 2 rings (SSSR count). The Morgan fingerprint density at radius 3 is 2.50 bits per heavy atom. The summed E-state index contributed by atoms with van der Waals surface area (Å²) in [7, 11) is 2.90. The molecule has 1 heterocycles. The van der Waals surface area contributed by atoms with E-state index in [4.69, 9.17) is 4.74 Å². The Bertz CT molecular complexity index is 705. The first-order valence-electron chi connectivity index (χ1n) is 6.82. The number of aromatic nitrogens is 2. The molecule has 0 aliphatic carbocycles. The average molecular weight is 368 g/mol. The number of carbonyl (C=O) groups is 2. The number of nitrogens with zero attached hydrogens (tertiary/aromatic N) is 2. The third-order valence-corrected chi connectivity index (χ3v) is 4.79. The summed E-state index contributed by atoms with van der Waals surface area (Å²) in [4.78, 5) is 23.3. The highest BCUT2D eigenvalue weighted by molar-refractivity contribution is 8.02. The van der Waals surface area contributed by atoms with E-state index in [1.54, 1.807) is 38.3 Å². The molecule has 2 N–H and O–H groups in total. The molecule has 0 saturated heterocycles. The summed E-state index contributed by atoms with van der Waals surface area (Å²) in [6, 6.07) is 6.48. The highest BCUT2D eigenvalue weighted by atomic mass is 32.2. The number of thioether (sulfide) groups is 1. The molecular formula is C14H16N4O4S2. The van der Waals surface area contributed by atoms with Crippen LogP contribution in [0.1, 0.15) is 6.92 Å². The second-order valence-electron chi connectivity index (χ2n) is 4.46. The van der Waals surface area contributed by atoms with Gasteiger partial charge in [0, 0.05) is 5.69 Å². The van der Waals surface area contributed by atoms with Crippen LogP contribution in [0.4, 0.5) is 15.6 Å². The summed E-state index contributed by atoms with van der Waals surface area (Å²) >= 11 is 2.39. The summed E-state index contributed by atoms with van der Waals surface area (Å²) in [5.74, 6) is 0.355. The average Bonchev–Trinajstić information content (AvgIpc) is 3.01. The van der Waals surface area contributed by atoms with Gasteiger partial charge in [0.15, 0.2) is 4.34 Å². The Balaban J connectivity index is 1.88. The molecule has 1 aromatic carbocycles. The largest absolute Gasteiger partial charge is 0.497 e. The van der Waals surface area contributed by atoms with Crippen LogP contribution in [0.2, 0.25) is 0 Å². The summed E-state index contributed by atoms with van der Waals surface area (Å²) in [6.07, 6.45) is 0. The molecule has 2 amide bonds. The number of rotatable bonds is 6. The SMILES string of the molecule is COC(=O)[C@H](C)Sc1nnc(NC(=O)Nc2ccc(OC)cc2)s1. The van der Waals surface area contributed by atoms with Crippen LogP contribution in [0.15, 0.2) is 28.6 Å². The lowest BCUT2D eigenvalue weighted by Crippen LogP contribution is -2.19. The van der Waals surface area contributed by atoms with Gasteiger partial charge in [-0.15, -0.1) is 10.2 Å². The van der Waals surface area contributed by atoms with Crippen LogP contribution in [-0.2, 0) is 9.53 Å². The minimum atomic E-state index is -0.436. The first-order valence-corrected chi connectivity index (χ1v) is 8.51. The summed E-state index contributed by atoms with van der Waals surface area (Å²) in [6.45, 7) is 1.71. The van der Waals surface area contributed by atoms with Crippen LogP contribution in [0.25, 0.3) is 0 Å². The number of carbonyl (C=O) groups excluding carboxylic acids is 2. The third-order valence-electron chi connectivity index (χ3n) is 2.79. The molecule has 0 spiro atoms. The van der Waals surface area contributed by atoms with Crippen molar-refractivity contribution < 1.29 is 19.1 Å². The van der Waals surface area contributed by atoms with E-state index in [2.05, 4.69) is 25.6 Å². The Kier molecular flexibility index (Phi) is 6.38. The predicted molar refractivity (Wildman–Crippen MR) is 92.9 cm³/mol. The zero-order chi connectivity index (χ0) is 17.5. The molecule has 0 radical (unpaired) electrons. The molecule has 8 nitrogen and oxygen atoms in total. The molecule has 128 valence electrons. The van der Waals surface area contributed by atoms with Crippen LogP contribution in [0, 0.1) is 0 Å². The normalized spacial score (nSPS) is 11.5. The van der Waals surface area contributed by atoms with Crippen LogP contribution in [-0.4, -0.2) is 41.7 Å². The molecule has 0 aliphatic heterocycles. The summed E-state index contributed by atoms with van der Waals surface area (Å²) in [5, 5.41) is 13.0. The van der Waals surface area contributed by atoms with Crippen molar-refractivity contribution in [2.45, 2.75) is 16.5 Å². The van der Waals surface area contributed by atoms with Gasteiger partial charge in [-0.25, -0.2) is 4.79 Å². The van der Waals surface area contributed by atoms with Gasteiger partial charge in [-0.2, -0.15) is 0 Å². The van der Waals surface area contributed by atoms with Crippen LogP contribution in [0.3, 0.4) is 0 Å². The van der Waals surface area contributed by atoms with Gasteiger partial charge in [-0.05, 0) is 31.2 Å². The number of esters is 1. The van der Waals surface area contributed by atoms with Gasteiger partial charge in [0.2, 0.25) is 5.13 Å². The number of urea groups is 1. The molecule has 10 heteroatoms. The van der Waals surface area contributed by atoms with E-state index in [9.17, 15) is 9.59 Å². The quantitative estimate of drug-likeness (QED) is 0.459. The Morgan fingerprint density at radius 2 is 1.88 bits per heavy atom. The molecule has 1 aromatic heterocycles. The highest BCUT2D eigenvalue weighted by Crippen LogP contribution is 2.29. The van der Waals surface area contributed by atoms with E-state index in [-0.39, 0.29) is 5.97 Å². The summed E-state index contributed by atoms with van der Waals surface area (Å²) < 4.78 is 10.3. The highest BCUT2D eigenvalue weighted by Gasteiger charge is 2.18. The summed E-state index contributed by atoms with van der Waals surface area (Å²) in [5.41, 5.74) is 0.617. The second-order valence-corrected chi connectivity index (χ2v) is 7.03. The van der Waals surface area contributed by atoms with Crippen molar-refractivity contribution in [3.8, 4) is 5.75 Å². The van der Waals surface area contributed by atoms with E-state index in [1.165, 1.54) is 30.2 Å².